The zero-order valence-electron chi connectivity index (χ0n) is 11.4. The van der Waals surface area contributed by atoms with E-state index in [1.165, 1.54) is 12.1 Å². The van der Waals surface area contributed by atoms with Gasteiger partial charge in [0.1, 0.15) is 11.5 Å². The van der Waals surface area contributed by atoms with Gasteiger partial charge in [-0.3, -0.25) is 9.48 Å². The van der Waals surface area contributed by atoms with Crippen LogP contribution in [0.2, 0.25) is 0 Å². The maximum Gasteiger partial charge on any atom is 0.153 e. The molecule has 0 fully saturated rings. The number of hydrogen-bond acceptors (Lipinski definition) is 2. The smallest absolute Gasteiger partial charge is 0.153 e. The third-order valence-corrected chi connectivity index (χ3v) is 4.05. The van der Waals surface area contributed by atoms with Gasteiger partial charge in [0, 0.05) is 16.2 Å². The normalized spacial score (nSPS) is 11.1. The van der Waals surface area contributed by atoms with E-state index in [4.69, 9.17) is 0 Å². The van der Waals surface area contributed by atoms with E-state index in [2.05, 4.69) is 34.9 Å². The van der Waals surface area contributed by atoms with Gasteiger partial charge in [-0.25, -0.2) is 4.39 Å². The topological polar surface area (TPSA) is 34.9 Å². The lowest BCUT2D eigenvalue weighted by molar-refractivity contribution is 0.112. The summed E-state index contributed by atoms with van der Waals surface area (Å²) in [5, 5.41) is 4.52. The zero-order chi connectivity index (χ0) is 14.7. The van der Waals surface area contributed by atoms with Gasteiger partial charge in [-0.15, -0.1) is 0 Å². The van der Waals surface area contributed by atoms with Crippen LogP contribution < -0.4 is 0 Å². The van der Waals surface area contributed by atoms with E-state index in [1.54, 1.807) is 12.3 Å². The predicted molar refractivity (Wildman–Crippen MR) is 80.3 cm³/mol. The van der Waals surface area contributed by atoms with Crippen LogP contribution in [0.1, 0.15) is 43.1 Å². The van der Waals surface area contributed by atoms with E-state index in [1.807, 2.05) is 4.68 Å². The Morgan fingerprint density at radius 1 is 1.40 bits per heavy atom. The first-order valence-electron chi connectivity index (χ1n) is 6.60. The van der Waals surface area contributed by atoms with Crippen LogP contribution in [-0.4, -0.2) is 16.1 Å². The fourth-order valence-electron chi connectivity index (χ4n) is 2.23. The Morgan fingerprint density at radius 3 is 2.65 bits per heavy atom. The monoisotopic (exact) mass is 338 g/mol. The van der Waals surface area contributed by atoms with E-state index < -0.39 is 0 Å². The van der Waals surface area contributed by atoms with Crippen molar-refractivity contribution in [3.63, 3.8) is 0 Å². The second-order valence-corrected chi connectivity index (χ2v) is 5.48. The zero-order valence-corrected chi connectivity index (χ0v) is 13.0. The molecular formula is C15H16BrFN2O. The van der Waals surface area contributed by atoms with Crippen molar-refractivity contribution in [1.82, 2.24) is 9.78 Å². The van der Waals surface area contributed by atoms with Crippen molar-refractivity contribution in [2.24, 2.45) is 0 Å². The average molecular weight is 339 g/mol. The van der Waals surface area contributed by atoms with E-state index in [0.29, 0.717) is 15.7 Å². The molecule has 0 saturated carbocycles. The lowest BCUT2D eigenvalue weighted by Gasteiger charge is -2.12. The molecule has 0 unspecified atom stereocenters. The summed E-state index contributed by atoms with van der Waals surface area (Å²) >= 11 is 3.32. The maximum absolute atomic E-state index is 13.2. The lowest BCUT2D eigenvalue weighted by atomic mass is 10.1. The average Bonchev–Trinajstić information content (AvgIpc) is 2.84. The quantitative estimate of drug-likeness (QED) is 0.745. The molecule has 0 aliphatic carbocycles. The minimum atomic E-state index is -0.326. The molecule has 2 aromatic rings. The molecule has 0 spiro atoms. The summed E-state index contributed by atoms with van der Waals surface area (Å²) in [4.78, 5) is 11.2. The molecule has 5 heteroatoms. The molecular weight excluding hydrogens is 323 g/mol. The molecule has 0 radical (unpaired) electrons. The summed E-state index contributed by atoms with van der Waals surface area (Å²) in [6, 6.07) is 4.64. The van der Waals surface area contributed by atoms with Crippen molar-refractivity contribution in [3.05, 3.63) is 40.2 Å². The third-order valence-electron chi connectivity index (χ3n) is 3.39. The van der Waals surface area contributed by atoms with Crippen LogP contribution in [0.25, 0.3) is 11.3 Å². The first kappa shape index (κ1) is 14.9. The minimum Gasteiger partial charge on any atom is -0.298 e. The molecule has 1 aromatic heterocycles. The summed E-state index contributed by atoms with van der Waals surface area (Å²) in [5.74, 6) is -0.326. The van der Waals surface area contributed by atoms with Gasteiger partial charge in [-0.2, -0.15) is 5.10 Å². The van der Waals surface area contributed by atoms with Gasteiger partial charge in [0.2, 0.25) is 0 Å². The minimum absolute atomic E-state index is 0.265. The van der Waals surface area contributed by atoms with Gasteiger partial charge in [0.05, 0.1) is 11.6 Å². The van der Waals surface area contributed by atoms with Gasteiger partial charge >= 0.3 is 0 Å². The highest BCUT2D eigenvalue weighted by Gasteiger charge is 2.16. The molecule has 0 N–H and O–H groups in total. The van der Waals surface area contributed by atoms with Gasteiger partial charge in [0.25, 0.3) is 0 Å². The third kappa shape index (κ3) is 2.82. The number of hydrogen-bond donors (Lipinski definition) is 0. The Kier molecular flexibility index (Phi) is 4.70. The van der Waals surface area contributed by atoms with Crippen LogP contribution >= 0.6 is 15.9 Å². The number of nitrogens with zero attached hydrogens (tertiary/aromatic N) is 2. The maximum atomic E-state index is 13.2. The largest absolute Gasteiger partial charge is 0.298 e. The molecule has 0 atom stereocenters. The summed E-state index contributed by atoms with van der Waals surface area (Å²) in [6.45, 7) is 4.17. The van der Waals surface area contributed by atoms with Gasteiger partial charge in [-0.05, 0) is 47.0 Å². The highest BCUT2D eigenvalue weighted by Crippen LogP contribution is 2.31. The molecule has 20 heavy (non-hydrogen) atoms. The first-order chi connectivity index (χ1) is 9.60. The number of aldehydes is 1. The van der Waals surface area contributed by atoms with Crippen molar-refractivity contribution in [1.29, 1.82) is 0 Å². The lowest BCUT2D eigenvalue weighted by Crippen LogP contribution is -2.07. The SMILES string of the molecule is CCC(CC)n1cc(C=O)c(-c2ccc(F)cc2Br)n1. The second-order valence-electron chi connectivity index (χ2n) is 4.63. The fraction of sp³-hybridized carbons (Fsp3) is 0.333. The molecule has 0 amide bonds. The van der Waals surface area contributed by atoms with Crippen molar-refractivity contribution >= 4 is 22.2 Å². The van der Waals surface area contributed by atoms with Crippen molar-refractivity contribution < 1.29 is 9.18 Å². The Bertz CT molecular complexity index is 620. The van der Waals surface area contributed by atoms with E-state index in [9.17, 15) is 9.18 Å². The predicted octanol–water partition coefficient (Wildman–Crippen LogP) is 4.63. The van der Waals surface area contributed by atoms with E-state index in [0.717, 1.165) is 24.7 Å². The van der Waals surface area contributed by atoms with E-state index >= 15 is 0 Å². The summed E-state index contributed by atoms with van der Waals surface area (Å²) in [7, 11) is 0. The van der Waals surface area contributed by atoms with Crippen LogP contribution in [0.4, 0.5) is 4.39 Å². The van der Waals surface area contributed by atoms with Crippen LogP contribution in [0, 0.1) is 5.82 Å². The van der Waals surface area contributed by atoms with Gasteiger partial charge in [0.15, 0.2) is 6.29 Å². The van der Waals surface area contributed by atoms with Gasteiger partial charge < -0.3 is 0 Å². The molecule has 3 nitrogen and oxygen atoms in total. The molecule has 106 valence electrons. The Hall–Kier alpha value is -1.49. The number of rotatable bonds is 5. The molecule has 1 aromatic carbocycles. The Balaban J connectivity index is 2.53. The molecule has 0 saturated heterocycles. The van der Waals surface area contributed by atoms with Crippen LogP contribution in [0.15, 0.2) is 28.9 Å². The molecule has 2 rings (SSSR count). The molecule has 0 bridgehead atoms. The van der Waals surface area contributed by atoms with Crippen LogP contribution in [-0.2, 0) is 0 Å². The van der Waals surface area contributed by atoms with Crippen LogP contribution in [0.5, 0.6) is 0 Å². The number of aromatic nitrogens is 2. The number of carbonyl (C=O) groups excluding carboxylic acids is 1. The Labute approximate surface area is 125 Å². The highest BCUT2D eigenvalue weighted by atomic mass is 79.9. The molecule has 0 aliphatic rings. The summed E-state index contributed by atoms with van der Waals surface area (Å²) in [5.41, 5.74) is 1.82. The van der Waals surface area contributed by atoms with Gasteiger partial charge in [-0.1, -0.05) is 13.8 Å². The number of benzene rings is 1. The van der Waals surface area contributed by atoms with Crippen LogP contribution in [0.3, 0.4) is 0 Å². The molecule has 1 heterocycles. The summed E-state index contributed by atoms with van der Waals surface area (Å²) < 4.78 is 15.6. The number of carbonyl (C=O) groups is 1. The standard InChI is InChI=1S/C15H16BrFN2O/c1-3-12(4-2)19-8-10(9-20)15(18-19)13-6-5-11(17)7-14(13)16/h5-9,12H,3-4H2,1-2H3. The highest BCUT2D eigenvalue weighted by molar-refractivity contribution is 9.10. The molecule has 0 aliphatic heterocycles. The second kappa shape index (κ2) is 6.31. The van der Waals surface area contributed by atoms with Crippen molar-refractivity contribution in [2.45, 2.75) is 32.7 Å². The number of halogens is 2. The van der Waals surface area contributed by atoms with E-state index in [-0.39, 0.29) is 11.9 Å². The van der Waals surface area contributed by atoms with Crippen molar-refractivity contribution in [2.75, 3.05) is 0 Å². The fourth-order valence-corrected chi connectivity index (χ4v) is 2.77. The Morgan fingerprint density at radius 2 is 2.10 bits per heavy atom. The first-order valence-corrected chi connectivity index (χ1v) is 7.39. The van der Waals surface area contributed by atoms with Crippen molar-refractivity contribution in [3.8, 4) is 11.3 Å². The summed E-state index contributed by atoms with van der Waals surface area (Å²) in [6.07, 6.45) is 4.44.